The summed E-state index contributed by atoms with van der Waals surface area (Å²) in [6.45, 7) is 4.06. The Balaban J connectivity index is 2.42. The maximum Gasteiger partial charge on any atom is 0.271 e. The Bertz CT molecular complexity index is 648. The van der Waals surface area contributed by atoms with Gasteiger partial charge in [-0.05, 0) is 43.2 Å². The van der Waals surface area contributed by atoms with Crippen LogP contribution in [-0.4, -0.2) is 12.0 Å². The number of nitrogen functional groups attached to an aromatic ring is 1. The van der Waals surface area contributed by atoms with Crippen LogP contribution in [0.25, 0.3) is 0 Å². The highest BCUT2D eigenvalue weighted by atomic mass is 16.6. The van der Waals surface area contributed by atoms with Gasteiger partial charge in [0, 0.05) is 24.9 Å². The molecule has 0 amide bonds. The van der Waals surface area contributed by atoms with Gasteiger partial charge in [0.1, 0.15) is 0 Å². The summed E-state index contributed by atoms with van der Waals surface area (Å²) in [5, 5.41) is 10.7. The second-order valence-electron chi connectivity index (χ2n) is 4.91. The molecular formula is C15H17N3O2. The van der Waals surface area contributed by atoms with Gasteiger partial charge < -0.3 is 10.6 Å². The number of rotatable bonds is 3. The Morgan fingerprint density at radius 2 is 1.70 bits per heavy atom. The molecule has 104 valence electrons. The molecule has 0 aliphatic rings. The van der Waals surface area contributed by atoms with E-state index in [0.717, 1.165) is 22.5 Å². The van der Waals surface area contributed by atoms with Crippen LogP contribution < -0.4 is 10.6 Å². The standard InChI is InChI=1S/C15H17N3O2/c1-10-6-11(2)8-13(7-10)17(3)15-5-4-12(18(19)20)9-14(15)16/h4-9H,16H2,1-3H3. The molecule has 0 unspecified atom stereocenters. The van der Waals surface area contributed by atoms with Gasteiger partial charge in [0.05, 0.1) is 16.3 Å². The lowest BCUT2D eigenvalue weighted by molar-refractivity contribution is -0.384. The maximum atomic E-state index is 10.7. The molecule has 0 bridgehead atoms. The van der Waals surface area contributed by atoms with E-state index in [9.17, 15) is 10.1 Å². The van der Waals surface area contributed by atoms with E-state index in [0.29, 0.717) is 5.69 Å². The summed E-state index contributed by atoms with van der Waals surface area (Å²) >= 11 is 0. The highest BCUT2D eigenvalue weighted by Crippen LogP contribution is 2.32. The van der Waals surface area contributed by atoms with Crippen molar-refractivity contribution in [1.82, 2.24) is 0 Å². The molecule has 0 heterocycles. The van der Waals surface area contributed by atoms with Crippen LogP contribution >= 0.6 is 0 Å². The zero-order valence-corrected chi connectivity index (χ0v) is 11.8. The quantitative estimate of drug-likeness (QED) is 0.526. The predicted molar refractivity (Wildman–Crippen MR) is 81.5 cm³/mol. The maximum absolute atomic E-state index is 10.7. The topological polar surface area (TPSA) is 72.4 Å². The summed E-state index contributed by atoms with van der Waals surface area (Å²) in [4.78, 5) is 12.2. The van der Waals surface area contributed by atoms with Crippen molar-refractivity contribution in [2.24, 2.45) is 0 Å². The smallest absolute Gasteiger partial charge is 0.271 e. The third kappa shape index (κ3) is 2.71. The number of nitrogens with two attached hydrogens (primary N) is 1. The number of anilines is 3. The van der Waals surface area contributed by atoms with Crippen molar-refractivity contribution < 1.29 is 4.92 Å². The number of nitrogens with zero attached hydrogens (tertiary/aromatic N) is 2. The normalized spacial score (nSPS) is 10.3. The molecule has 0 atom stereocenters. The summed E-state index contributed by atoms with van der Waals surface area (Å²) in [7, 11) is 1.89. The Morgan fingerprint density at radius 3 is 2.20 bits per heavy atom. The van der Waals surface area contributed by atoms with Gasteiger partial charge in [-0.3, -0.25) is 10.1 Å². The van der Waals surface area contributed by atoms with Crippen LogP contribution in [0, 0.1) is 24.0 Å². The van der Waals surface area contributed by atoms with Gasteiger partial charge in [0.2, 0.25) is 0 Å². The third-order valence-corrected chi connectivity index (χ3v) is 3.18. The molecule has 2 aromatic rings. The fraction of sp³-hybridized carbons (Fsp3) is 0.200. The van der Waals surface area contributed by atoms with Crippen molar-refractivity contribution in [3.05, 3.63) is 57.6 Å². The van der Waals surface area contributed by atoms with Crippen molar-refractivity contribution in [3.63, 3.8) is 0 Å². The molecule has 0 radical (unpaired) electrons. The second kappa shape index (κ2) is 5.21. The summed E-state index contributed by atoms with van der Waals surface area (Å²) in [5.74, 6) is 0. The Hall–Kier alpha value is -2.56. The molecular weight excluding hydrogens is 254 g/mol. The number of nitro groups is 1. The van der Waals surface area contributed by atoms with Gasteiger partial charge in [0.15, 0.2) is 0 Å². The number of hydrogen-bond donors (Lipinski definition) is 1. The molecule has 0 aliphatic carbocycles. The SMILES string of the molecule is Cc1cc(C)cc(N(C)c2ccc([N+](=O)[O-])cc2N)c1. The van der Waals surface area contributed by atoms with Gasteiger partial charge >= 0.3 is 0 Å². The van der Waals surface area contributed by atoms with E-state index in [-0.39, 0.29) is 5.69 Å². The molecule has 2 aromatic carbocycles. The minimum atomic E-state index is -0.447. The minimum Gasteiger partial charge on any atom is -0.397 e. The molecule has 0 saturated carbocycles. The fourth-order valence-corrected chi connectivity index (χ4v) is 2.24. The van der Waals surface area contributed by atoms with Gasteiger partial charge in [0.25, 0.3) is 5.69 Å². The average molecular weight is 271 g/mol. The molecule has 0 saturated heterocycles. The largest absolute Gasteiger partial charge is 0.397 e. The van der Waals surface area contributed by atoms with Gasteiger partial charge in [-0.1, -0.05) is 6.07 Å². The first-order valence-corrected chi connectivity index (χ1v) is 6.24. The van der Waals surface area contributed by atoms with Crippen molar-refractivity contribution in [1.29, 1.82) is 0 Å². The third-order valence-electron chi connectivity index (χ3n) is 3.18. The lowest BCUT2D eigenvalue weighted by Crippen LogP contribution is -2.12. The van der Waals surface area contributed by atoms with E-state index < -0.39 is 4.92 Å². The number of non-ortho nitro benzene ring substituents is 1. The molecule has 0 aromatic heterocycles. The molecule has 2 N–H and O–H groups in total. The molecule has 5 nitrogen and oxygen atoms in total. The van der Waals surface area contributed by atoms with E-state index in [1.807, 2.05) is 37.9 Å². The highest BCUT2D eigenvalue weighted by molar-refractivity contribution is 5.76. The highest BCUT2D eigenvalue weighted by Gasteiger charge is 2.13. The summed E-state index contributed by atoms with van der Waals surface area (Å²) in [5.41, 5.74) is 10.4. The molecule has 0 spiro atoms. The Morgan fingerprint density at radius 1 is 1.10 bits per heavy atom. The van der Waals surface area contributed by atoms with Gasteiger partial charge in [-0.25, -0.2) is 0 Å². The van der Waals surface area contributed by atoms with Crippen molar-refractivity contribution in [2.45, 2.75) is 13.8 Å². The zero-order chi connectivity index (χ0) is 14.9. The lowest BCUT2D eigenvalue weighted by Gasteiger charge is -2.22. The van der Waals surface area contributed by atoms with Crippen molar-refractivity contribution in [2.75, 3.05) is 17.7 Å². The van der Waals surface area contributed by atoms with E-state index in [4.69, 9.17) is 5.73 Å². The van der Waals surface area contributed by atoms with E-state index >= 15 is 0 Å². The summed E-state index contributed by atoms with van der Waals surface area (Å²) < 4.78 is 0. The Labute approximate surface area is 117 Å². The molecule has 0 fully saturated rings. The van der Waals surface area contributed by atoms with Crippen LogP contribution in [0.15, 0.2) is 36.4 Å². The molecule has 5 heteroatoms. The summed E-state index contributed by atoms with van der Waals surface area (Å²) in [6, 6.07) is 10.7. The predicted octanol–water partition coefficient (Wildman–Crippen LogP) is 3.56. The number of aryl methyl sites for hydroxylation is 2. The first-order chi connectivity index (χ1) is 9.38. The van der Waals surface area contributed by atoms with E-state index in [2.05, 4.69) is 6.07 Å². The lowest BCUT2D eigenvalue weighted by atomic mass is 10.1. The zero-order valence-electron chi connectivity index (χ0n) is 11.8. The number of nitro benzene ring substituents is 1. The van der Waals surface area contributed by atoms with Crippen LogP contribution in [0.4, 0.5) is 22.7 Å². The fourth-order valence-electron chi connectivity index (χ4n) is 2.24. The first-order valence-electron chi connectivity index (χ1n) is 6.24. The van der Waals surface area contributed by atoms with Crippen LogP contribution in [-0.2, 0) is 0 Å². The monoisotopic (exact) mass is 271 g/mol. The van der Waals surface area contributed by atoms with Crippen LogP contribution in [0.5, 0.6) is 0 Å². The average Bonchev–Trinajstić information content (AvgIpc) is 2.36. The minimum absolute atomic E-state index is 0.0000674. The van der Waals surface area contributed by atoms with E-state index in [1.54, 1.807) is 6.07 Å². The molecule has 0 aliphatic heterocycles. The van der Waals surface area contributed by atoms with Crippen LogP contribution in [0.3, 0.4) is 0 Å². The van der Waals surface area contributed by atoms with Crippen LogP contribution in [0.2, 0.25) is 0 Å². The summed E-state index contributed by atoms with van der Waals surface area (Å²) in [6.07, 6.45) is 0. The van der Waals surface area contributed by atoms with Gasteiger partial charge in [-0.15, -0.1) is 0 Å². The van der Waals surface area contributed by atoms with Crippen molar-refractivity contribution >= 4 is 22.7 Å². The molecule has 2 rings (SSSR count). The number of hydrogen-bond acceptors (Lipinski definition) is 4. The van der Waals surface area contributed by atoms with E-state index in [1.165, 1.54) is 12.1 Å². The van der Waals surface area contributed by atoms with Crippen LogP contribution in [0.1, 0.15) is 11.1 Å². The first kappa shape index (κ1) is 13.9. The Kier molecular flexibility index (Phi) is 3.61. The molecule has 20 heavy (non-hydrogen) atoms. The second-order valence-corrected chi connectivity index (χ2v) is 4.91. The van der Waals surface area contributed by atoms with Crippen molar-refractivity contribution in [3.8, 4) is 0 Å². The number of benzene rings is 2. The van der Waals surface area contributed by atoms with Gasteiger partial charge in [-0.2, -0.15) is 0 Å².